The van der Waals surface area contributed by atoms with Gasteiger partial charge in [0.2, 0.25) is 0 Å². The van der Waals surface area contributed by atoms with Gasteiger partial charge in [-0.25, -0.2) is 0 Å². The smallest absolute Gasteiger partial charge is 0.149 e. The van der Waals surface area contributed by atoms with Gasteiger partial charge in [-0.05, 0) is 26.0 Å². The third-order valence-corrected chi connectivity index (χ3v) is 2.60. The molecule has 5 nitrogen and oxygen atoms in total. The van der Waals surface area contributed by atoms with Crippen LogP contribution < -0.4 is 5.32 Å². The van der Waals surface area contributed by atoms with Crippen molar-refractivity contribution in [3.05, 3.63) is 36.3 Å². The van der Waals surface area contributed by atoms with Crippen molar-refractivity contribution in [2.45, 2.75) is 25.9 Å². The van der Waals surface area contributed by atoms with Crippen molar-refractivity contribution in [2.75, 3.05) is 0 Å². The topological polar surface area (TPSA) is 55.9 Å². The van der Waals surface area contributed by atoms with Gasteiger partial charge in [0.05, 0.1) is 18.3 Å². The molecule has 0 amide bonds. The van der Waals surface area contributed by atoms with Crippen LogP contribution in [0.1, 0.15) is 37.5 Å². The average molecular weight is 220 g/mol. The molecule has 0 fully saturated rings. The van der Waals surface area contributed by atoms with E-state index in [-0.39, 0.29) is 12.1 Å². The first-order valence-corrected chi connectivity index (χ1v) is 5.32. The second-order valence-electron chi connectivity index (χ2n) is 3.93. The van der Waals surface area contributed by atoms with Crippen LogP contribution in [0.15, 0.2) is 29.1 Å². The van der Waals surface area contributed by atoms with Gasteiger partial charge in [-0.1, -0.05) is 0 Å². The summed E-state index contributed by atoms with van der Waals surface area (Å²) in [6.07, 6.45) is 3.38. The first-order chi connectivity index (χ1) is 7.68. The predicted octanol–water partition coefficient (Wildman–Crippen LogP) is 1.82. The summed E-state index contributed by atoms with van der Waals surface area (Å²) in [5, 5.41) is 11.3. The van der Waals surface area contributed by atoms with Crippen LogP contribution in [0.5, 0.6) is 0 Å². The molecule has 1 N–H and O–H groups in total. The fraction of sp³-hybridized carbons (Fsp3) is 0.455. The lowest BCUT2D eigenvalue weighted by Gasteiger charge is -2.17. The minimum absolute atomic E-state index is 0.132. The van der Waals surface area contributed by atoms with E-state index in [1.807, 2.05) is 23.7 Å². The number of rotatable bonds is 4. The van der Waals surface area contributed by atoms with Crippen LogP contribution in [0, 0.1) is 0 Å². The van der Waals surface area contributed by atoms with E-state index in [4.69, 9.17) is 4.42 Å². The molecular formula is C11H16N4O. The molecule has 2 heterocycles. The second-order valence-corrected chi connectivity index (χ2v) is 3.93. The largest absolute Gasteiger partial charge is 0.468 e. The molecule has 0 spiro atoms. The molecule has 2 rings (SSSR count). The summed E-state index contributed by atoms with van der Waals surface area (Å²) < 4.78 is 7.25. The van der Waals surface area contributed by atoms with Crippen molar-refractivity contribution in [1.82, 2.24) is 20.1 Å². The maximum atomic E-state index is 5.34. The van der Waals surface area contributed by atoms with Crippen LogP contribution >= 0.6 is 0 Å². The van der Waals surface area contributed by atoms with Gasteiger partial charge in [-0.3, -0.25) is 5.32 Å². The third kappa shape index (κ3) is 2.14. The van der Waals surface area contributed by atoms with Crippen LogP contribution in [0.3, 0.4) is 0 Å². The third-order valence-electron chi connectivity index (χ3n) is 2.60. The van der Waals surface area contributed by atoms with Crippen LogP contribution in [0.2, 0.25) is 0 Å². The quantitative estimate of drug-likeness (QED) is 0.854. The van der Waals surface area contributed by atoms with Gasteiger partial charge in [0.25, 0.3) is 0 Å². The molecule has 0 aliphatic rings. The van der Waals surface area contributed by atoms with E-state index in [1.54, 1.807) is 12.6 Å². The van der Waals surface area contributed by atoms with E-state index in [2.05, 4.69) is 29.4 Å². The molecule has 2 unspecified atom stereocenters. The predicted molar refractivity (Wildman–Crippen MR) is 59.7 cm³/mol. The van der Waals surface area contributed by atoms with E-state index in [0.717, 1.165) is 11.6 Å². The van der Waals surface area contributed by atoms with Gasteiger partial charge in [-0.15, -0.1) is 10.2 Å². The molecule has 5 heteroatoms. The van der Waals surface area contributed by atoms with Gasteiger partial charge in [-0.2, -0.15) is 0 Å². The van der Waals surface area contributed by atoms with Crippen molar-refractivity contribution >= 4 is 0 Å². The van der Waals surface area contributed by atoms with Gasteiger partial charge in [0.15, 0.2) is 0 Å². The Kier molecular flexibility index (Phi) is 3.05. The number of nitrogens with zero attached hydrogens (tertiary/aromatic N) is 3. The first kappa shape index (κ1) is 10.9. The SMILES string of the molecule is CC(NC(C)c1nncn1C)c1ccco1. The Bertz CT molecular complexity index is 435. The number of aryl methyl sites for hydroxylation is 1. The van der Waals surface area contributed by atoms with E-state index in [0.29, 0.717) is 0 Å². The monoisotopic (exact) mass is 220 g/mol. The minimum atomic E-state index is 0.132. The Labute approximate surface area is 94.5 Å². The van der Waals surface area contributed by atoms with Gasteiger partial charge < -0.3 is 8.98 Å². The van der Waals surface area contributed by atoms with Gasteiger partial charge in [0.1, 0.15) is 17.9 Å². The fourth-order valence-electron chi connectivity index (χ4n) is 1.75. The second kappa shape index (κ2) is 4.49. The molecule has 16 heavy (non-hydrogen) atoms. The van der Waals surface area contributed by atoms with Crippen LogP contribution in [-0.4, -0.2) is 14.8 Å². The van der Waals surface area contributed by atoms with Crippen molar-refractivity contribution < 1.29 is 4.42 Å². The zero-order valence-corrected chi connectivity index (χ0v) is 9.71. The first-order valence-electron chi connectivity index (χ1n) is 5.32. The summed E-state index contributed by atoms with van der Waals surface area (Å²) in [6, 6.07) is 4.14. The maximum absolute atomic E-state index is 5.34. The van der Waals surface area contributed by atoms with E-state index >= 15 is 0 Å². The van der Waals surface area contributed by atoms with Crippen LogP contribution in [-0.2, 0) is 7.05 Å². The summed E-state index contributed by atoms with van der Waals surface area (Å²) in [7, 11) is 1.94. The fourth-order valence-corrected chi connectivity index (χ4v) is 1.75. The Balaban J connectivity index is 2.03. The Morgan fingerprint density at radius 3 is 2.75 bits per heavy atom. The summed E-state index contributed by atoms with van der Waals surface area (Å²) >= 11 is 0. The molecule has 0 aromatic carbocycles. The lowest BCUT2D eigenvalue weighted by Crippen LogP contribution is -2.24. The average Bonchev–Trinajstić information content (AvgIpc) is 2.86. The number of hydrogen-bond donors (Lipinski definition) is 1. The number of furan rings is 1. The summed E-state index contributed by atoms with van der Waals surface area (Å²) in [4.78, 5) is 0. The van der Waals surface area contributed by atoms with Gasteiger partial charge in [0, 0.05) is 7.05 Å². The Morgan fingerprint density at radius 2 is 2.19 bits per heavy atom. The van der Waals surface area contributed by atoms with Crippen molar-refractivity contribution in [3.8, 4) is 0 Å². The highest BCUT2D eigenvalue weighted by Crippen LogP contribution is 2.17. The number of aromatic nitrogens is 3. The molecule has 0 saturated heterocycles. The summed E-state index contributed by atoms with van der Waals surface area (Å²) in [5.41, 5.74) is 0. The van der Waals surface area contributed by atoms with Crippen molar-refractivity contribution in [2.24, 2.45) is 7.05 Å². The number of hydrogen-bond acceptors (Lipinski definition) is 4. The molecule has 0 aliphatic carbocycles. The molecule has 0 aliphatic heterocycles. The normalized spacial score (nSPS) is 14.9. The summed E-state index contributed by atoms with van der Waals surface area (Å²) in [5.74, 6) is 1.84. The molecule has 0 saturated carbocycles. The van der Waals surface area contributed by atoms with Crippen LogP contribution in [0.25, 0.3) is 0 Å². The molecule has 86 valence electrons. The highest BCUT2D eigenvalue weighted by molar-refractivity contribution is 5.04. The molecule has 0 radical (unpaired) electrons. The van der Waals surface area contributed by atoms with E-state index in [9.17, 15) is 0 Å². The lowest BCUT2D eigenvalue weighted by molar-refractivity contribution is 0.392. The van der Waals surface area contributed by atoms with Crippen molar-refractivity contribution in [1.29, 1.82) is 0 Å². The Hall–Kier alpha value is -1.62. The summed E-state index contributed by atoms with van der Waals surface area (Å²) in [6.45, 7) is 4.12. The van der Waals surface area contributed by atoms with Gasteiger partial charge >= 0.3 is 0 Å². The number of nitrogens with one attached hydrogen (secondary N) is 1. The molecule has 2 aromatic rings. The molecule has 2 atom stereocenters. The highest BCUT2D eigenvalue weighted by atomic mass is 16.3. The zero-order valence-electron chi connectivity index (χ0n) is 9.71. The minimum Gasteiger partial charge on any atom is -0.468 e. The van der Waals surface area contributed by atoms with Crippen LogP contribution in [0.4, 0.5) is 0 Å². The lowest BCUT2D eigenvalue weighted by atomic mass is 10.2. The van der Waals surface area contributed by atoms with E-state index < -0.39 is 0 Å². The van der Waals surface area contributed by atoms with E-state index in [1.165, 1.54) is 0 Å². The van der Waals surface area contributed by atoms with Crippen molar-refractivity contribution in [3.63, 3.8) is 0 Å². The maximum Gasteiger partial charge on any atom is 0.149 e. The molecular weight excluding hydrogens is 204 g/mol. The highest BCUT2D eigenvalue weighted by Gasteiger charge is 2.16. The zero-order chi connectivity index (χ0) is 11.5. The Morgan fingerprint density at radius 1 is 1.38 bits per heavy atom. The standard InChI is InChI=1S/C11H16N4O/c1-8(10-5-4-6-16-10)13-9(2)11-14-12-7-15(11)3/h4-9,13H,1-3H3. The molecule has 2 aromatic heterocycles. The molecule has 0 bridgehead atoms.